The van der Waals surface area contributed by atoms with Gasteiger partial charge in [0, 0.05) is 17.7 Å². The lowest BCUT2D eigenvalue weighted by Crippen LogP contribution is -2.38. The number of rotatable bonds is 4. The maximum absolute atomic E-state index is 13.4. The Morgan fingerprint density at radius 3 is 2.79 bits per heavy atom. The van der Waals surface area contributed by atoms with Gasteiger partial charge < -0.3 is 10.5 Å². The summed E-state index contributed by atoms with van der Waals surface area (Å²) in [6, 6.07) is 10.4. The molecule has 2 saturated carbocycles. The minimum absolute atomic E-state index is 0.130. The number of nitrogens with two attached hydrogens (primary N) is 1. The van der Waals surface area contributed by atoms with Crippen LogP contribution in [0, 0.1) is 23.6 Å². The number of carbonyl (C=O) groups excluding carboxylic acids is 1. The van der Waals surface area contributed by atoms with Crippen LogP contribution < -0.4 is 5.73 Å². The van der Waals surface area contributed by atoms with Crippen molar-refractivity contribution in [3.05, 3.63) is 60.2 Å². The number of aromatic nitrogens is 1. The second kappa shape index (κ2) is 7.97. The molecular weight excluding hydrogens is 367 g/mol. The molecule has 4 rings (SSSR count). The monoisotopic (exact) mass is 394 g/mol. The molecule has 1 aromatic heterocycles. The van der Waals surface area contributed by atoms with Gasteiger partial charge in [-0.3, -0.25) is 4.98 Å². The van der Waals surface area contributed by atoms with E-state index in [0.29, 0.717) is 11.8 Å². The maximum atomic E-state index is 13.4. The van der Waals surface area contributed by atoms with Gasteiger partial charge in [-0.15, -0.1) is 0 Å². The molecule has 0 spiro atoms. The van der Waals surface area contributed by atoms with Crippen LogP contribution in [0.3, 0.4) is 0 Å². The average Bonchev–Trinajstić information content (AvgIpc) is 2.97. The molecule has 2 N–H and O–H groups in total. The van der Waals surface area contributed by atoms with Crippen molar-refractivity contribution in [2.45, 2.75) is 44.6 Å². The number of fused-ring (bicyclic) bond motifs is 1. The van der Waals surface area contributed by atoms with E-state index in [0.717, 1.165) is 29.7 Å². The van der Waals surface area contributed by atoms with Crippen LogP contribution in [0.15, 0.2) is 48.7 Å². The van der Waals surface area contributed by atoms with E-state index in [1.165, 1.54) is 31.4 Å². The molecule has 2 aliphatic carbocycles. The molecule has 1 unspecified atom stereocenters. The van der Waals surface area contributed by atoms with E-state index in [4.69, 9.17) is 10.5 Å². The molecular formula is C24H27FN2O2. The van der Waals surface area contributed by atoms with Gasteiger partial charge in [0.25, 0.3) is 0 Å². The Bertz CT molecular complexity index is 911. The Morgan fingerprint density at radius 2 is 2.07 bits per heavy atom. The number of amides is 1. The highest BCUT2D eigenvalue weighted by molar-refractivity contribution is 5.65. The molecule has 0 bridgehead atoms. The van der Waals surface area contributed by atoms with Crippen LogP contribution in [-0.2, 0) is 4.74 Å². The second-order valence-electron chi connectivity index (χ2n) is 8.51. The van der Waals surface area contributed by atoms with Crippen molar-refractivity contribution in [1.29, 1.82) is 0 Å². The van der Waals surface area contributed by atoms with Crippen molar-refractivity contribution in [3.63, 3.8) is 0 Å². The third-order valence-corrected chi connectivity index (χ3v) is 6.55. The number of halogens is 1. The predicted molar refractivity (Wildman–Crippen MR) is 111 cm³/mol. The fourth-order valence-corrected chi connectivity index (χ4v) is 5.30. The van der Waals surface area contributed by atoms with E-state index < -0.39 is 11.7 Å². The van der Waals surface area contributed by atoms with Gasteiger partial charge in [-0.05, 0) is 61.4 Å². The maximum Gasteiger partial charge on any atom is 0.405 e. The first kappa shape index (κ1) is 19.6. The molecule has 0 saturated heterocycles. The molecule has 1 heterocycles. The predicted octanol–water partition coefficient (Wildman–Crippen LogP) is 5.58. The topological polar surface area (TPSA) is 65.2 Å². The van der Waals surface area contributed by atoms with Crippen molar-refractivity contribution in [2.75, 3.05) is 0 Å². The molecule has 2 aromatic rings. The molecule has 5 heteroatoms. The van der Waals surface area contributed by atoms with Gasteiger partial charge in [0.05, 0.1) is 5.69 Å². The van der Waals surface area contributed by atoms with Gasteiger partial charge >= 0.3 is 6.09 Å². The van der Waals surface area contributed by atoms with E-state index >= 15 is 0 Å². The molecule has 4 nitrogen and oxygen atoms in total. The molecule has 1 aromatic carbocycles. The summed E-state index contributed by atoms with van der Waals surface area (Å²) in [6.07, 6.45) is 10.9. The van der Waals surface area contributed by atoms with Gasteiger partial charge in [0.2, 0.25) is 0 Å². The number of benzene rings is 1. The fraction of sp³-hybridized carbons (Fsp3) is 0.417. The summed E-state index contributed by atoms with van der Waals surface area (Å²) in [7, 11) is 0. The lowest BCUT2D eigenvalue weighted by molar-refractivity contribution is 0.00825. The fourth-order valence-electron chi connectivity index (χ4n) is 5.30. The average molecular weight is 394 g/mol. The van der Waals surface area contributed by atoms with Gasteiger partial charge in [0.1, 0.15) is 11.4 Å². The second-order valence-corrected chi connectivity index (χ2v) is 8.51. The summed E-state index contributed by atoms with van der Waals surface area (Å²) >= 11 is 0. The molecule has 152 valence electrons. The summed E-state index contributed by atoms with van der Waals surface area (Å²) in [4.78, 5) is 16.0. The zero-order chi connectivity index (χ0) is 20.4. The molecule has 29 heavy (non-hydrogen) atoms. The highest BCUT2D eigenvalue weighted by Gasteiger charge is 2.52. The molecule has 2 aliphatic rings. The molecule has 4 atom stereocenters. The minimum Gasteiger partial charge on any atom is -0.443 e. The summed E-state index contributed by atoms with van der Waals surface area (Å²) in [6.45, 7) is 2.01. The summed E-state index contributed by atoms with van der Waals surface area (Å²) < 4.78 is 19.1. The largest absolute Gasteiger partial charge is 0.443 e. The third-order valence-electron chi connectivity index (χ3n) is 6.55. The SMILES string of the molecule is CC1(OC(N)=O)C[C@@H]2CCCC[C@@H]2[C@H]1/C=C/c1ccc(-c2cccc(F)c2)cn1. The first-order valence-corrected chi connectivity index (χ1v) is 10.3. The number of carbonyl (C=O) groups is 1. The zero-order valence-corrected chi connectivity index (χ0v) is 16.7. The Balaban J connectivity index is 1.55. The lowest BCUT2D eigenvalue weighted by Gasteiger charge is -2.32. The quantitative estimate of drug-likeness (QED) is 0.736. The van der Waals surface area contributed by atoms with E-state index in [9.17, 15) is 9.18 Å². The number of pyridine rings is 1. The van der Waals surface area contributed by atoms with Gasteiger partial charge in [-0.2, -0.15) is 0 Å². The van der Waals surface area contributed by atoms with Crippen LogP contribution in [0.25, 0.3) is 17.2 Å². The van der Waals surface area contributed by atoms with E-state index in [2.05, 4.69) is 11.1 Å². The van der Waals surface area contributed by atoms with E-state index in [1.807, 2.05) is 31.2 Å². The van der Waals surface area contributed by atoms with E-state index in [-0.39, 0.29) is 11.7 Å². The van der Waals surface area contributed by atoms with Crippen LogP contribution >= 0.6 is 0 Å². The summed E-state index contributed by atoms with van der Waals surface area (Å²) in [5.41, 5.74) is 7.31. The summed E-state index contributed by atoms with van der Waals surface area (Å²) in [5, 5.41) is 0. The number of hydrogen-bond donors (Lipinski definition) is 1. The van der Waals surface area contributed by atoms with E-state index in [1.54, 1.807) is 12.3 Å². The van der Waals surface area contributed by atoms with Crippen molar-refractivity contribution in [3.8, 4) is 11.1 Å². The van der Waals surface area contributed by atoms with Crippen LogP contribution in [0.5, 0.6) is 0 Å². The first-order valence-electron chi connectivity index (χ1n) is 10.3. The van der Waals surface area contributed by atoms with Crippen LogP contribution in [0.1, 0.15) is 44.7 Å². The Kier molecular flexibility index (Phi) is 5.39. The van der Waals surface area contributed by atoms with Gasteiger partial charge in [-0.1, -0.05) is 43.5 Å². The van der Waals surface area contributed by atoms with Crippen molar-refractivity contribution in [2.24, 2.45) is 23.5 Å². The Labute approximate surface area is 171 Å². The van der Waals surface area contributed by atoms with Crippen molar-refractivity contribution in [1.82, 2.24) is 4.98 Å². The van der Waals surface area contributed by atoms with Crippen LogP contribution in [0.4, 0.5) is 9.18 Å². The van der Waals surface area contributed by atoms with Crippen LogP contribution in [0.2, 0.25) is 0 Å². The molecule has 2 fully saturated rings. The Morgan fingerprint density at radius 1 is 1.24 bits per heavy atom. The molecule has 0 radical (unpaired) electrons. The first-order chi connectivity index (χ1) is 13.9. The summed E-state index contributed by atoms with van der Waals surface area (Å²) in [5.74, 6) is 0.954. The zero-order valence-electron chi connectivity index (χ0n) is 16.7. The van der Waals surface area contributed by atoms with Gasteiger partial charge in [0.15, 0.2) is 0 Å². The van der Waals surface area contributed by atoms with Crippen molar-refractivity contribution >= 4 is 12.2 Å². The Hall–Kier alpha value is -2.69. The number of ether oxygens (including phenoxy) is 1. The number of primary amides is 1. The van der Waals surface area contributed by atoms with Crippen molar-refractivity contribution < 1.29 is 13.9 Å². The smallest absolute Gasteiger partial charge is 0.405 e. The highest BCUT2D eigenvalue weighted by atomic mass is 19.1. The highest BCUT2D eigenvalue weighted by Crippen LogP contribution is 2.53. The third kappa shape index (κ3) is 4.19. The minimum atomic E-state index is -0.706. The van der Waals surface area contributed by atoms with Gasteiger partial charge in [-0.25, -0.2) is 9.18 Å². The number of hydrogen-bond acceptors (Lipinski definition) is 3. The number of nitrogens with zero attached hydrogens (tertiary/aromatic N) is 1. The lowest BCUT2D eigenvalue weighted by atomic mass is 9.77. The van der Waals surface area contributed by atoms with Crippen LogP contribution in [-0.4, -0.2) is 16.7 Å². The molecule has 0 aliphatic heterocycles. The molecule has 1 amide bonds. The normalized spacial score (nSPS) is 29.0. The standard InChI is InChI=1S/C24H27FN2O2/c1-24(29-23(26)28)14-17-5-2-3-8-21(17)22(24)12-11-20-10-9-18(15-27-20)16-6-4-7-19(25)13-16/h4,6-7,9-13,15,17,21-22H,2-3,5,8,14H2,1H3,(H2,26,28)/b12-11+/t17-,21-,22+,24?/m0/s1.